The zero-order valence-electron chi connectivity index (χ0n) is 18.5. The van der Waals surface area contributed by atoms with Crippen molar-refractivity contribution in [3.8, 4) is 5.75 Å². The SMILES string of the molecule is C=CCOc1cccc(/C=N\NC(=O)CN(c2ccc([N+](=O)[O-])cc2)S(=O)(=O)c2ccccc2)c1. The summed E-state index contributed by atoms with van der Waals surface area (Å²) in [4.78, 5) is 22.9. The van der Waals surface area contributed by atoms with Gasteiger partial charge in [-0.2, -0.15) is 5.10 Å². The summed E-state index contributed by atoms with van der Waals surface area (Å²) in [6, 6.07) is 19.4. The molecule has 0 fully saturated rings. The van der Waals surface area contributed by atoms with Gasteiger partial charge in [-0.3, -0.25) is 19.2 Å². The van der Waals surface area contributed by atoms with E-state index in [0.29, 0.717) is 17.9 Å². The molecular weight excluding hydrogens is 472 g/mol. The van der Waals surface area contributed by atoms with Crippen LogP contribution in [0.5, 0.6) is 5.75 Å². The Hall–Kier alpha value is -4.51. The van der Waals surface area contributed by atoms with Crippen LogP contribution in [0.1, 0.15) is 5.56 Å². The molecule has 0 saturated heterocycles. The summed E-state index contributed by atoms with van der Waals surface area (Å²) < 4.78 is 32.8. The maximum Gasteiger partial charge on any atom is 0.269 e. The van der Waals surface area contributed by atoms with Crippen LogP contribution in [0.2, 0.25) is 0 Å². The molecule has 0 bridgehead atoms. The third-order valence-electron chi connectivity index (χ3n) is 4.60. The Morgan fingerprint density at radius 1 is 1.09 bits per heavy atom. The van der Waals surface area contributed by atoms with E-state index >= 15 is 0 Å². The first kappa shape index (κ1) is 25.1. The van der Waals surface area contributed by atoms with Gasteiger partial charge in [0.15, 0.2) is 0 Å². The number of nitrogens with one attached hydrogen (secondary N) is 1. The molecule has 3 aromatic rings. The van der Waals surface area contributed by atoms with Crippen molar-refractivity contribution in [3.05, 3.63) is 107 Å². The lowest BCUT2D eigenvalue weighted by atomic mass is 10.2. The van der Waals surface area contributed by atoms with Gasteiger partial charge >= 0.3 is 0 Å². The van der Waals surface area contributed by atoms with Gasteiger partial charge in [-0.15, -0.1) is 0 Å². The number of carbonyl (C=O) groups is 1. The molecule has 10 nitrogen and oxygen atoms in total. The number of hydrogen-bond donors (Lipinski definition) is 1. The minimum absolute atomic E-state index is 0.0361. The van der Waals surface area contributed by atoms with E-state index in [1.807, 2.05) is 0 Å². The number of nitro groups is 1. The van der Waals surface area contributed by atoms with E-state index in [4.69, 9.17) is 4.74 Å². The highest BCUT2D eigenvalue weighted by molar-refractivity contribution is 7.92. The van der Waals surface area contributed by atoms with E-state index in [1.54, 1.807) is 48.5 Å². The molecule has 0 unspecified atom stereocenters. The zero-order valence-corrected chi connectivity index (χ0v) is 19.3. The number of rotatable bonds is 11. The van der Waals surface area contributed by atoms with Crippen LogP contribution < -0.4 is 14.5 Å². The summed E-state index contributed by atoms with van der Waals surface area (Å²) in [5.74, 6) is -0.114. The van der Waals surface area contributed by atoms with E-state index < -0.39 is 27.4 Å². The summed E-state index contributed by atoms with van der Waals surface area (Å²) >= 11 is 0. The zero-order chi connectivity index (χ0) is 25.3. The third-order valence-corrected chi connectivity index (χ3v) is 6.38. The molecule has 0 aromatic heterocycles. The number of carbonyl (C=O) groups excluding carboxylic acids is 1. The summed E-state index contributed by atoms with van der Waals surface area (Å²) in [5.41, 5.74) is 2.83. The molecule has 0 aliphatic rings. The maximum absolute atomic E-state index is 13.3. The fourth-order valence-corrected chi connectivity index (χ4v) is 4.40. The topological polar surface area (TPSA) is 131 Å². The van der Waals surface area contributed by atoms with Crippen molar-refractivity contribution in [1.82, 2.24) is 5.43 Å². The van der Waals surface area contributed by atoms with Gasteiger partial charge in [-0.25, -0.2) is 13.8 Å². The second-order valence-corrected chi connectivity index (χ2v) is 8.93. The average Bonchev–Trinajstić information content (AvgIpc) is 2.87. The molecule has 0 heterocycles. The molecule has 0 spiro atoms. The average molecular weight is 495 g/mol. The molecule has 11 heteroatoms. The number of hydrogen-bond acceptors (Lipinski definition) is 7. The van der Waals surface area contributed by atoms with Crippen LogP contribution in [-0.2, 0) is 14.8 Å². The van der Waals surface area contributed by atoms with Gasteiger partial charge in [0.1, 0.15) is 18.9 Å². The summed E-state index contributed by atoms with van der Waals surface area (Å²) in [6.07, 6.45) is 3.00. The van der Waals surface area contributed by atoms with Crippen molar-refractivity contribution in [3.63, 3.8) is 0 Å². The highest BCUT2D eigenvalue weighted by Crippen LogP contribution is 2.25. The number of sulfonamides is 1. The first-order valence-corrected chi connectivity index (χ1v) is 11.7. The number of non-ortho nitro benzene ring substituents is 1. The quantitative estimate of drug-likeness (QED) is 0.188. The van der Waals surface area contributed by atoms with E-state index in [9.17, 15) is 23.3 Å². The van der Waals surface area contributed by atoms with E-state index in [2.05, 4.69) is 17.1 Å². The Labute approximate surface area is 202 Å². The second-order valence-electron chi connectivity index (χ2n) is 7.06. The summed E-state index contributed by atoms with van der Waals surface area (Å²) in [5, 5.41) is 14.9. The number of hydrazone groups is 1. The number of anilines is 1. The molecule has 0 aliphatic heterocycles. The van der Waals surface area contributed by atoms with Gasteiger partial charge in [0.2, 0.25) is 0 Å². The van der Waals surface area contributed by atoms with Crippen molar-refractivity contribution in [2.24, 2.45) is 5.10 Å². The first-order chi connectivity index (χ1) is 16.8. The first-order valence-electron chi connectivity index (χ1n) is 10.3. The molecule has 3 rings (SSSR count). The number of amides is 1. The number of nitrogens with zero attached hydrogens (tertiary/aromatic N) is 3. The molecule has 3 aromatic carbocycles. The lowest BCUT2D eigenvalue weighted by Gasteiger charge is -2.23. The molecule has 180 valence electrons. The molecule has 0 saturated carbocycles. The van der Waals surface area contributed by atoms with E-state index in [-0.39, 0.29) is 16.3 Å². The maximum atomic E-state index is 13.3. The third kappa shape index (κ3) is 6.74. The summed E-state index contributed by atoms with van der Waals surface area (Å²) in [7, 11) is -4.15. The van der Waals surface area contributed by atoms with Gasteiger partial charge in [-0.05, 0) is 42.0 Å². The highest BCUT2D eigenvalue weighted by atomic mass is 32.2. The predicted molar refractivity (Wildman–Crippen MR) is 132 cm³/mol. The predicted octanol–water partition coefficient (Wildman–Crippen LogP) is 3.51. The lowest BCUT2D eigenvalue weighted by Crippen LogP contribution is -2.39. The standard InChI is InChI=1S/C24H22N4O6S/c1-2-15-34-22-8-6-7-19(16-22)17-25-26-24(29)18-27(20-11-13-21(14-12-20)28(30)31)35(32,33)23-9-4-3-5-10-23/h2-14,16-17H,1,15,18H2,(H,26,29)/b25-17-. The number of ether oxygens (including phenoxy) is 1. The molecule has 35 heavy (non-hydrogen) atoms. The number of benzene rings is 3. The van der Waals surface area contributed by atoms with Crippen LogP contribution in [0, 0.1) is 10.1 Å². The minimum Gasteiger partial charge on any atom is -0.490 e. The van der Waals surface area contributed by atoms with Gasteiger partial charge < -0.3 is 4.74 Å². The normalized spacial score (nSPS) is 11.1. The van der Waals surface area contributed by atoms with Crippen LogP contribution in [-0.4, -0.2) is 38.6 Å². The van der Waals surface area contributed by atoms with Crippen LogP contribution in [0.3, 0.4) is 0 Å². The molecule has 0 atom stereocenters. The minimum atomic E-state index is -4.15. The Bertz CT molecular complexity index is 1330. The van der Waals surface area contributed by atoms with Gasteiger partial charge in [0.25, 0.3) is 21.6 Å². The van der Waals surface area contributed by atoms with E-state index in [1.165, 1.54) is 42.6 Å². The molecule has 1 N–H and O–H groups in total. The highest BCUT2D eigenvalue weighted by Gasteiger charge is 2.27. The van der Waals surface area contributed by atoms with E-state index in [0.717, 1.165) is 4.31 Å². The van der Waals surface area contributed by atoms with Gasteiger partial charge in [-0.1, -0.05) is 43.0 Å². The molecule has 0 radical (unpaired) electrons. The Morgan fingerprint density at radius 3 is 2.46 bits per heavy atom. The van der Waals surface area contributed by atoms with Crippen molar-refractivity contribution in [2.75, 3.05) is 17.5 Å². The van der Waals surface area contributed by atoms with Gasteiger partial charge in [0.05, 0.1) is 21.7 Å². The second kappa shape index (κ2) is 11.6. The summed E-state index contributed by atoms with van der Waals surface area (Å²) in [6.45, 7) is 3.32. The van der Waals surface area contributed by atoms with Crippen LogP contribution in [0.25, 0.3) is 0 Å². The monoisotopic (exact) mass is 494 g/mol. The van der Waals surface area contributed by atoms with Crippen LogP contribution >= 0.6 is 0 Å². The smallest absolute Gasteiger partial charge is 0.269 e. The Kier molecular flexibility index (Phi) is 8.30. The van der Waals surface area contributed by atoms with Crippen molar-refractivity contribution in [2.45, 2.75) is 4.90 Å². The molecule has 0 aliphatic carbocycles. The lowest BCUT2D eigenvalue weighted by molar-refractivity contribution is -0.384. The number of nitro benzene ring substituents is 1. The Morgan fingerprint density at radius 2 is 1.80 bits per heavy atom. The van der Waals surface area contributed by atoms with Crippen molar-refractivity contribution >= 4 is 33.5 Å². The van der Waals surface area contributed by atoms with Crippen LogP contribution in [0.4, 0.5) is 11.4 Å². The fourth-order valence-electron chi connectivity index (χ4n) is 2.96. The largest absolute Gasteiger partial charge is 0.490 e. The fraction of sp³-hybridized carbons (Fsp3) is 0.0833. The Balaban J connectivity index is 1.79. The van der Waals surface area contributed by atoms with Gasteiger partial charge in [0, 0.05) is 12.1 Å². The molecule has 1 amide bonds. The molecular formula is C24H22N4O6S. The van der Waals surface area contributed by atoms with Crippen LogP contribution in [0.15, 0.2) is 102 Å². The van der Waals surface area contributed by atoms with Crippen molar-refractivity contribution in [1.29, 1.82) is 0 Å². The van der Waals surface area contributed by atoms with Crippen molar-refractivity contribution < 1.29 is 22.9 Å².